The Morgan fingerprint density at radius 3 is 2.88 bits per heavy atom. The van der Waals surface area contributed by atoms with Gasteiger partial charge in [-0.25, -0.2) is 4.39 Å². The molecule has 1 aromatic rings. The number of aliphatic hydroxyl groups is 1. The van der Waals surface area contributed by atoms with Crippen LogP contribution in [0, 0.1) is 17.1 Å². The summed E-state index contributed by atoms with van der Waals surface area (Å²) in [6.07, 6.45) is 1.62. The van der Waals surface area contributed by atoms with Gasteiger partial charge in [-0.1, -0.05) is 0 Å². The molecule has 1 atom stereocenters. The van der Waals surface area contributed by atoms with E-state index < -0.39 is 0 Å². The maximum Gasteiger partial charge on any atom is 0.124 e. The minimum Gasteiger partial charge on any atom is -0.396 e. The Morgan fingerprint density at radius 2 is 2.24 bits per heavy atom. The number of rotatable bonds is 6. The van der Waals surface area contributed by atoms with E-state index in [1.807, 2.05) is 13.0 Å². The van der Waals surface area contributed by atoms with Crippen molar-refractivity contribution in [1.82, 2.24) is 5.32 Å². The standard InChI is InChI=1S/C13H17FN2O/c1-10(3-2-4-17)16-9-12-5-11(8-15)6-13(14)7-12/h5-7,10,16-17H,2-4,9H2,1H3. The van der Waals surface area contributed by atoms with E-state index in [4.69, 9.17) is 10.4 Å². The predicted molar refractivity (Wildman–Crippen MR) is 63.7 cm³/mol. The van der Waals surface area contributed by atoms with Crippen LogP contribution in [0.1, 0.15) is 30.9 Å². The fourth-order valence-electron chi connectivity index (χ4n) is 1.61. The van der Waals surface area contributed by atoms with Gasteiger partial charge in [0.25, 0.3) is 0 Å². The molecule has 2 N–H and O–H groups in total. The molecule has 0 radical (unpaired) electrons. The topological polar surface area (TPSA) is 56.0 Å². The number of hydrogen-bond acceptors (Lipinski definition) is 3. The van der Waals surface area contributed by atoms with Crippen LogP contribution in [0.5, 0.6) is 0 Å². The average molecular weight is 236 g/mol. The molecule has 0 fully saturated rings. The molecule has 1 aromatic carbocycles. The van der Waals surface area contributed by atoms with E-state index in [9.17, 15) is 4.39 Å². The number of hydrogen-bond donors (Lipinski definition) is 2. The Bertz CT molecular complexity index is 401. The first-order valence-electron chi connectivity index (χ1n) is 5.69. The highest BCUT2D eigenvalue weighted by atomic mass is 19.1. The third kappa shape index (κ3) is 4.94. The first kappa shape index (κ1) is 13.6. The molecule has 92 valence electrons. The van der Waals surface area contributed by atoms with Crippen LogP contribution in [0.2, 0.25) is 0 Å². The number of halogens is 1. The molecular formula is C13H17FN2O. The minimum absolute atomic E-state index is 0.185. The predicted octanol–water partition coefficient (Wildman–Crippen LogP) is 1.95. The average Bonchev–Trinajstić information content (AvgIpc) is 2.33. The van der Waals surface area contributed by atoms with Gasteiger partial charge >= 0.3 is 0 Å². The maximum atomic E-state index is 13.1. The van der Waals surface area contributed by atoms with Gasteiger partial charge in [0.1, 0.15) is 5.82 Å². The quantitative estimate of drug-likeness (QED) is 0.793. The maximum absolute atomic E-state index is 13.1. The summed E-state index contributed by atoms with van der Waals surface area (Å²) in [5.41, 5.74) is 1.10. The molecular weight excluding hydrogens is 219 g/mol. The van der Waals surface area contributed by atoms with Gasteiger partial charge in [-0.2, -0.15) is 5.26 Å². The summed E-state index contributed by atoms with van der Waals surface area (Å²) in [4.78, 5) is 0. The molecule has 0 aliphatic heterocycles. The van der Waals surface area contributed by atoms with Crippen LogP contribution >= 0.6 is 0 Å². The zero-order valence-electron chi connectivity index (χ0n) is 9.91. The molecule has 1 rings (SSSR count). The minimum atomic E-state index is -0.385. The fourth-order valence-corrected chi connectivity index (χ4v) is 1.61. The second-order valence-corrected chi connectivity index (χ2v) is 4.11. The van der Waals surface area contributed by atoms with Crippen LogP contribution in [0.15, 0.2) is 18.2 Å². The third-order valence-electron chi connectivity index (χ3n) is 2.54. The van der Waals surface area contributed by atoms with E-state index in [2.05, 4.69) is 5.32 Å². The number of nitrogens with one attached hydrogen (secondary N) is 1. The molecule has 0 aliphatic carbocycles. The summed E-state index contributed by atoms with van der Waals surface area (Å²) in [7, 11) is 0. The Kier molecular flexibility index (Phi) is 5.61. The lowest BCUT2D eigenvalue weighted by atomic mass is 10.1. The summed E-state index contributed by atoms with van der Waals surface area (Å²) in [5.74, 6) is -0.385. The molecule has 0 saturated carbocycles. The molecule has 0 aliphatic rings. The Labute approximate surface area is 101 Å². The van der Waals surface area contributed by atoms with Crippen LogP contribution < -0.4 is 5.32 Å². The van der Waals surface area contributed by atoms with Crippen molar-refractivity contribution in [3.63, 3.8) is 0 Å². The lowest BCUT2D eigenvalue weighted by molar-refractivity contribution is 0.276. The summed E-state index contributed by atoms with van der Waals surface area (Å²) in [6, 6.07) is 6.51. The smallest absolute Gasteiger partial charge is 0.124 e. The van der Waals surface area contributed by atoms with Gasteiger partial charge in [-0.05, 0) is 43.5 Å². The Hall–Kier alpha value is -1.44. The van der Waals surface area contributed by atoms with Crippen LogP contribution in [-0.4, -0.2) is 17.8 Å². The highest BCUT2D eigenvalue weighted by Crippen LogP contribution is 2.09. The van der Waals surface area contributed by atoms with Gasteiger partial charge in [0.05, 0.1) is 11.6 Å². The van der Waals surface area contributed by atoms with Crippen LogP contribution in [0.25, 0.3) is 0 Å². The lowest BCUT2D eigenvalue weighted by Crippen LogP contribution is -2.25. The highest BCUT2D eigenvalue weighted by Gasteiger charge is 2.03. The largest absolute Gasteiger partial charge is 0.396 e. The highest BCUT2D eigenvalue weighted by molar-refractivity contribution is 5.33. The lowest BCUT2D eigenvalue weighted by Gasteiger charge is -2.13. The van der Waals surface area contributed by atoms with Crippen LogP contribution in [0.4, 0.5) is 4.39 Å². The van der Waals surface area contributed by atoms with Crippen molar-refractivity contribution >= 4 is 0 Å². The zero-order valence-corrected chi connectivity index (χ0v) is 9.91. The van der Waals surface area contributed by atoms with Gasteiger partial charge < -0.3 is 10.4 Å². The van der Waals surface area contributed by atoms with Gasteiger partial charge in [-0.15, -0.1) is 0 Å². The van der Waals surface area contributed by atoms with Crippen molar-refractivity contribution in [1.29, 1.82) is 5.26 Å². The molecule has 0 amide bonds. The summed E-state index contributed by atoms with van der Waals surface area (Å²) < 4.78 is 13.1. The SMILES string of the molecule is CC(CCCO)NCc1cc(F)cc(C#N)c1. The van der Waals surface area contributed by atoms with E-state index in [0.29, 0.717) is 12.1 Å². The van der Waals surface area contributed by atoms with Crippen molar-refractivity contribution in [2.24, 2.45) is 0 Å². The Balaban J connectivity index is 2.51. The number of benzene rings is 1. The number of nitriles is 1. The summed E-state index contributed by atoms with van der Waals surface area (Å²) >= 11 is 0. The summed E-state index contributed by atoms with van der Waals surface area (Å²) in [6.45, 7) is 2.73. The second-order valence-electron chi connectivity index (χ2n) is 4.11. The molecule has 0 saturated heterocycles. The first-order valence-corrected chi connectivity index (χ1v) is 5.69. The number of nitrogens with zero attached hydrogens (tertiary/aromatic N) is 1. The van der Waals surface area contributed by atoms with Gasteiger partial charge in [0, 0.05) is 19.2 Å². The van der Waals surface area contributed by atoms with Crippen molar-refractivity contribution in [2.45, 2.75) is 32.4 Å². The summed E-state index contributed by atoms with van der Waals surface area (Å²) in [5, 5.41) is 20.6. The molecule has 0 bridgehead atoms. The van der Waals surface area contributed by atoms with Gasteiger partial charge in [0.2, 0.25) is 0 Å². The zero-order chi connectivity index (χ0) is 12.7. The normalized spacial score (nSPS) is 12.1. The van der Waals surface area contributed by atoms with Crippen LogP contribution in [0.3, 0.4) is 0 Å². The van der Waals surface area contributed by atoms with E-state index >= 15 is 0 Å². The van der Waals surface area contributed by atoms with E-state index in [0.717, 1.165) is 18.4 Å². The molecule has 4 heteroatoms. The van der Waals surface area contributed by atoms with Crippen LogP contribution in [-0.2, 0) is 6.54 Å². The van der Waals surface area contributed by atoms with Gasteiger partial charge in [0.15, 0.2) is 0 Å². The number of aliphatic hydroxyl groups excluding tert-OH is 1. The van der Waals surface area contributed by atoms with E-state index in [1.165, 1.54) is 12.1 Å². The molecule has 17 heavy (non-hydrogen) atoms. The molecule has 0 heterocycles. The van der Waals surface area contributed by atoms with Crippen molar-refractivity contribution in [3.05, 3.63) is 35.1 Å². The first-order chi connectivity index (χ1) is 8.15. The van der Waals surface area contributed by atoms with Crippen molar-refractivity contribution < 1.29 is 9.50 Å². The van der Waals surface area contributed by atoms with Crippen molar-refractivity contribution in [3.8, 4) is 6.07 Å². The third-order valence-corrected chi connectivity index (χ3v) is 2.54. The second kappa shape index (κ2) is 7.00. The van der Waals surface area contributed by atoms with E-state index in [-0.39, 0.29) is 18.5 Å². The molecule has 3 nitrogen and oxygen atoms in total. The monoisotopic (exact) mass is 236 g/mol. The van der Waals surface area contributed by atoms with E-state index in [1.54, 1.807) is 6.07 Å². The molecule has 0 aromatic heterocycles. The molecule has 0 spiro atoms. The van der Waals surface area contributed by atoms with Gasteiger partial charge in [-0.3, -0.25) is 0 Å². The fraction of sp³-hybridized carbons (Fsp3) is 0.462. The van der Waals surface area contributed by atoms with Crippen molar-refractivity contribution in [2.75, 3.05) is 6.61 Å². The Morgan fingerprint density at radius 1 is 1.47 bits per heavy atom. The molecule has 1 unspecified atom stereocenters.